The molecule has 0 saturated heterocycles. The number of carboxylic acid groups (broad SMARTS) is 1. The number of alkyl halides is 2. The molecule has 1 aromatic carbocycles. The SMILES string of the molecule is CC[C@H](C)[C@H](NC(=O)Cc1ccc(OC(F)F)cc1)C(=O)O. The zero-order chi connectivity index (χ0) is 16.7. The summed E-state index contributed by atoms with van der Waals surface area (Å²) in [5.74, 6) is -1.70. The Morgan fingerprint density at radius 1 is 1.27 bits per heavy atom. The molecule has 0 bridgehead atoms. The molecule has 2 N–H and O–H groups in total. The van der Waals surface area contributed by atoms with Gasteiger partial charge in [0, 0.05) is 0 Å². The maximum atomic E-state index is 12.0. The number of amides is 1. The van der Waals surface area contributed by atoms with Gasteiger partial charge in [-0.05, 0) is 23.6 Å². The maximum absolute atomic E-state index is 12.0. The largest absolute Gasteiger partial charge is 0.480 e. The van der Waals surface area contributed by atoms with Crippen LogP contribution in [0.5, 0.6) is 5.75 Å². The summed E-state index contributed by atoms with van der Waals surface area (Å²) >= 11 is 0. The van der Waals surface area contributed by atoms with Crippen molar-refractivity contribution in [1.29, 1.82) is 0 Å². The minimum Gasteiger partial charge on any atom is -0.480 e. The Hall–Kier alpha value is -2.18. The van der Waals surface area contributed by atoms with Crippen molar-refractivity contribution >= 4 is 11.9 Å². The lowest BCUT2D eigenvalue weighted by Crippen LogP contribution is -2.45. The van der Waals surface area contributed by atoms with Gasteiger partial charge in [-0.15, -0.1) is 0 Å². The molecular weight excluding hydrogens is 296 g/mol. The van der Waals surface area contributed by atoms with Crippen molar-refractivity contribution in [1.82, 2.24) is 5.32 Å². The Morgan fingerprint density at radius 2 is 1.86 bits per heavy atom. The van der Waals surface area contributed by atoms with E-state index in [1.807, 2.05) is 6.92 Å². The van der Waals surface area contributed by atoms with Crippen molar-refractivity contribution in [3.63, 3.8) is 0 Å². The van der Waals surface area contributed by atoms with Gasteiger partial charge in [-0.2, -0.15) is 8.78 Å². The molecule has 0 aliphatic rings. The standard InChI is InChI=1S/C15H19F2NO4/c1-3-9(2)13(14(20)21)18-12(19)8-10-4-6-11(7-5-10)22-15(16)17/h4-7,9,13,15H,3,8H2,1-2H3,(H,18,19)(H,20,21)/t9-,13-/m0/s1. The van der Waals surface area contributed by atoms with Crippen LogP contribution < -0.4 is 10.1 Å². The van der Waals surface area contributed by atoms with Crippen LogP contribution in [0.4, 0.5) is 8.78 Å². The highest BCUT2D eigenvalue weighted by molar-refractivity contribution is 5.85. The third-order valence-electron chi connectivity index (χ3n) is 3.31. The van der Waals surface area contributed by atoms with Crippen molar-refractivity contribution < 1.29 is 28.2 Å². The van der Waals surface area contributed by atoms with Crippen molar-refractivity contribution in [3.8, 4) is 5.75 Å². The van der Waals surface area contributed by atoms with E-state index < -0.39 is 24.5 Å². The molecule has 0 radical (unpaired) electrons. The van der Waals surface area contributed by atoms with Gasteiger partial charge in [0.15, 0.2) is 0 Å². The fraction of sp³-hybridized carbons (Fsp3) is 0.467. The Morgan fingerprint density at radius 3 is 2.32 bits per heavy atom. The van der Waals surface area contributed by atoms with Gasteiger partial charge in [0.25, 0.3) is 0 Å². The summed E-state index contributed by atoms with van der Waals surface area (Å²) in [4.78, 5) is 23.0. The van der Waals surface area contributed by atoms with E-state index in [0.717, 1.165) is 0 Å². The van der Waals surface area contributed by atoms with E-state index in [0.29, 0.717) is 12.0 Å². The Bertz CT molecular complexity index is 505. The quantitative estimate of drug-likeness (QED) is 0.772. The average molecular weight is 315 g/mol. The fourth-order valence-electron chi connectivity index (χ4n) is 1.88. The molecule has 1 aromatic rings. The Kier molecular flexibility index (Phi) is 6.75. The van der Waals surface area contributed by atoms with Crippen molar-refractivity contribution in [2.45, 2.75) is 39.3 Å². The molecule has 2 atom stereocenters. The van der Waals surface area contributed by atoms with Gasteiger partial charge in [-0.25, -0.2) is 4.79 Å². The topological polar surface area (TPSA) is 75.6 Å². The van der Waals surface area contributed by atoms with Crippen LogP contribution in [0.3, 0.4) is 0 Å². The van der Waals surface area contributed by atoms with Gasteiger partial charge in [0.1, 0.15) is 11.8 Å². The van der Waals surface area contributed by atoms with Crippen LogP contribution in [0, 0.1) is 5.92 Å². The van der Waals surface area contributed by atoms with Gasteiger partial charge in [-0.3, -0.25) is 4.79 Å². The third-order valence-corrected chi connectivity index (χ3v) is 3.31. The van der Waals surface area contributed by atoms with Crippen LogP contribution >= 0.6 is 0 Å². The lowest BCUT2D eigenvalue weighted by atomic mass is 9.99. The average Bonchev–Trinajstić information content (AvgIpc) is 2.45. The summed E-state index contributed by atoms with van der Waals surface area (Å²) < 4.78 is 28.2. The first-order valence-corrected chi connectivity index (χ1v) is 6.89. The number of hydrogen-bond acceptors (Lipinski definition) is 3. The third kappa shape index (κ3) is 5.67. The Balaban J connectivity index is 2.62. The highest BCUT2D eigenvalue weighted by atomic mass is 19.3. The number of carboxylic acids is 1. The first-order valence-electron chi connectivity index (χ1n) is 6.89. The summed E-state index contributed by atoms with van der Waals surface area (Å²) in [5, 5.41) is 11.6. The van der Waals surface area contributed by atoms with E-state index in [-0.39, 0.29) is 18.1 Å². The summed E-state index contributed by atoms with van der Waals surface area (Å²) in [7, 11) is 0. The molecule has 0 aromatic heterocycles. The smallest absolute Gasteiger partial charge is 0.387 e. The molecule has 0 heterocycles. The highest BCUT2D eigenvalue weighted by Gasteiger charge is 2.25. The highest BCUT2D eigenvalue weighted by Crippen LogP contribution is 2.15. The number of aliphatic carboxylic acids is 1. The van der Waals surface area contributed by atoms with Crippen molar-refractivity contribution in [2.75, 3.05) is 0 Å². The predicted molar refractivity (Wildman–Crippen MR) is 75.8 cm³/mol. The van der Waals surface area contributed by atoms with Crippen LogP contribution in [-0.4, -0.2) is 29.6 Å². The van der Waals surface area contributed by atoms with E-state index in [4.69, 9.17) is 5.11 Å². The number of benzene rings is 1. The van der Waals surface area contributed by atoms with E-state index >= 15 is 0 Å². The number of carbonyl (C=O) groups excluding carboxylic acids is 1. The molecule has 7 heteroatoms. The monoisotopic (exact) mass is 315 g/mol. The lowest BCUT2D eigenvalue weighted by molar-refractivity contribution is -0.143. The second-order valence-electron chi connectivity index (χ2n) is 4.97. The number of hydrogen-bond donors (Lipinski definition) is 2. The molecule has 22 heavy (non-hydrogen) atoms. The maximum Gasteiger partial charge on any atom is 0.387 e. The summed E-state index contributed by atoms with van der Waals surface area (Å²) in [5.41, 5.74) is 0.576. The Labute approximate surface area is 127 Å². The number of nitrogens with one attached hydrogen (secondary N) is 1. The number of carbonyl (C=O) groups is 2. The summed E-state index contributed by atoms with van der Waals surface area (Å²) in [6.45, 7) is 0.685. The molecule has 0 unspecified atom stereocenters. The first kappa shape index (κ1) is 17.9. The van der Waals surface area contributed by atoms with Crippen LogP contribution in [0.2, 0.25) is 0 Å². The van der Waals surface area contributed by atoms with E-state index in [1.165, 1.54) is 24.3 Å². The molecule has 122 valence electrons. The van der Waals surface area contributed by atoms with E-state index in [1.54, 1.807) is 6.92 Å². The second kappa shape index (κ2) is 8.31. The van der Waals surface area contributed by atoms with E-state index in [9.17, 15) is 18.4 Å². The normalized spacial score (nSPS) is 13.5. The van der Waals surface area contributed by atoms with Gasteiger partial charge >= 0.3 is 12.6 Å². The minimum atomic E-state index is -2.90. The molecule has 0 saturated carbocycles. The van der Waals surface area contributed by atoms with Gasteiger partial charge in [-0.1, -0.05) is 32.4 Å². The van der Waals surface area contributed by atoms with Gasteiger partial charge in [0.2, 0.25) is 5.91 Å². The lowest BCUT2D eigenvalue weighted by Gasteiger charge is -2.20. The first-order chi connectivity index (χ1) is 10.3. The van der Waals surface area contributed by atoms with Crippen LogP contribution in [-0.2, 0) is 16.0 Å². The molecule has 0 aliphatic carbocycles. The van der Waals surface area contributed by atoms with E-state index in [2.05, 4.69) is 10.1 Å². The van der Waals surface area contributed by atoms with Crippen LogP contribution in [0.15, 0.2) is 24.3 Å². The second-order valence-corrected chi connectivity index (χ2v) is 4.97. The molecule has 0 aliphatic heterocycles. The summed E-state index contributed by atoms with van der Waals surface area (Å²) in [6.07, 6.45) is 0.589. The molecule has 5 nitrogen and oxygen atoms in total. The van der Waals surface area contributed by atoms with Gasteiger partial charge < -0.3 is 15.2 Å². The molecule has 0 spiro atoms. The summed E-state index contributed by atoms with van der Waals surface area (Å²) in [6, 6.07) is 4.68. The zero-order valence-corrected chi connectivity index (χ0v) is 12.4. The minimum absolute atomic E-state index is 0.00201. The predicted octanol–water partition coefficient (Wildman–Crippen LogP) is 2.45. The zero-order valence-electron chi connectivity index (χ0n) is 12.4. The fourth-order valence-corrected chi connectivity index (χ4v) is 1.88. The number of ether oxygens (including phenoxy) is 1. The molecule has 1 amide bonds. The van der Waals surface area contributed by atoms with Gasteiger partial charge in [0.05, 0.1) is 6.42 Å². The molecular formula is C15H19F2NO4. The molecule has 0 fully saturated rings. The van der Waals surface area contributed by atoms with Crippen molar-refractivity contribution in [2.24, 2.45) is 5.92 Å². The molecule has 1 rings (SSSR count). The number of halogens is 2. The van der Waals surface area contributed by atoms with Crippen LogP contribution in [0.1, 0.15) is 25.8 Å². The van der Waals surface area contributed by atoms with Crippen molar-refractivity contribution in [3.05, 3.63) is 29.8 Å². The van der Waals surface area contributed by atoms with Crippen LogP contribution in [0.25, 0.3) is 0 Å². The number of rotatable bonds is 8.